The second kappa shape index (κ2) is 7.94. The van der Waals surface area contributed by atoms with Crippen LogP contribution in [0.15, 0.2) is 42.5 Å². The van der Waals surface area contributed by atoms with Gasteiger partial charge in [-0.2, -0.15) is 0 Å². The van der Waals surface area contributed by atoms with Crippen LogP contribution < -0.4 is 0 Å². The summed E-state index contributed by atoms with van der Waals surface area (Å²) < 4.78 is 0. The molecule has 21 heavy (non-hydrogen) atoms. The first-order valence-electron chi connectivity index (χ1n) is 7.94. The van der Waals surface area contributed by atoms with Gasteiger partial charge in [0.2, 0.25) is 0 Å². The maximum Gasteiger partial charge on any atom is 0.137 e. The third kappa shape index (κ3) is 4.68. The molecule has 0 aliphatic rings. The lowest BCUT2D eigenvalue weighted by molar-refractivity contribution is -0.118. The van der Waals surface area contributed by atoms with E-state index in [-0.39, 0.29) is 0 Å². The van der Waals surface area contributed by atoms with E-state index in [1.807, 2.05) is 12.1 Å². The molecule has 2 aromatic rings. The van der Waals surface area contributed by atoms with E-state index >= 15 is 0 Å². The van der Waals surface area contributed by atoms with Gasteiger partial charge in [0.05, 0.1) is 0 Å². The van der Waals surface area contributed by atoms with Gasteiger partial charge < -0.3 is 4.90 Å². The van der Waals surface area contributed by atoms with Gasteiger partial charge in [-0.3, -0.25) is 4.79 Å². The predicted molar refractivity (Wildman–Crippen MR) is 89.7 cm³/mol. The van der Waals surface area contributed by atoms with E-state index in [2.05, 4.69) is 49.1 Å². The van der Waals surface area contributed by atoms with Crippen molar-refractivity contribution in [2.45, 2.75) is 33.1 Å². The first kappa shape index (κ1) is 15.7. The van der Waals surface area contributed by atoms with Crippen LogP contribution in [-0.4, -0.2) is 30.3 Å². The van der Waals surface area contributed by atoms with Gasteiger partial charge in [-0.15, -0.1) is 0 Å². The van der Waals surface area contributed by atoms with Crippen molar-refractivity contribution in [2.24, 2.45) is 0 Å². The molecule has 0 fully saturated rings. The summed E-state index contributed by atoms with van der Waals surface area (Å²) in [5.74, 6) is 0.345. The molecule has 2 heteroatoms. The molecule has 0 heterocycles. The quantitative estimate of drug-likeness (QED) is 0.728. The summed E-state index contributed by atoms with van der Waals surface area (Å²) in [6, 6.07) is 14.6. The van der Waals surface area contributed by atoms with Crippen molar-refractivity contribution in [2.75, 3.05) is 19.6 Å². The molecule has 0 atom stereocenters. The maximum absolute atomic E-state index is 12.1. The number of carbonyl (C=O) groups is 1. The number of ketones is 1. The van der Waals surface area contributed by atoms with Gasteiger partial charge in [-0.25, -0.2) is 0 Å². The Hall–Kier alpha value is -1.67. The summed E-state index contributed by atoms with van der Waals surface area (Å²) in [6.45, 7) is 7.49. The molecule has 0 spiro atoms. The zero-order valence-electron chi connectivity index (χ0n) is 13.1. The molecule has 0 radical (unpaired) electrons. The number of nitrogens with zero attached hydrogens (tertiary/aromatic N) is 1. The number of hydrogen-bond donors (Lipinski definition) is 0. The van der Waals surface area contributed by atoms with Crippen LogP contribution in [0.2, 0.25) is 0 Å². The van der Waals surface area contributed by atoms with E-state index in [1.54, 1.807) is 0 Å². The van der Waals surface area contributed by atoms with Gasteiger partial charge >= 0.3 is 0 Å². The van der Waals surface area contributed by atoms with Crippen LogP contribution >= 0.6 is 0 Å². The van der Waals surface area contributed by atoms with E-state index in [1.165, 1.54) is 10.8 Å². The summed E-state index contributed by atoms with van der Waals surface area (Å²) in [4.78, 5) is 14.5. The van der Waals surface area contributed by atoms with Crippen LogP contribution in [0.4, 0.5) is 0 Å². The fourth-order valence-electron chi connectivity index (χ4n) is 2.70. The normalized spacial score (nSPS) is 11.2. The highest BCUT2D eigenvalue weighted by molar-refractivity contribution is 5.86. The molecule has 112 valence electrons. The number of carbonyl (C=O) groups excluding carboxylic acids is 1. The molecular weight excluding hydrogens is 258 g/mol. The average molecular weight is 283 g/mol. The summed E-state index contributed by atoms with van der Waals surface area (Å²) >= 11 is 0. The lowest BCUT2D eigenvalue weighted by Crippen LogP contribution is -2.24. The van der Waals surface area contributed by atoms with Crippen molar-refractivity contribution in [3.63, 3.8) is 0 Å². The fraction of sp³-hybridized carbons (Fsp3) is 0.421. The Balaban J connectivity index is 1.86. The Labute approximate surface area is 127 Å². The van der Waals surface area contributed by atoms with Crippen LogP contribution in [0, 0.1) is 0 Å². The van der Waals surface area contributed by atoms with Gasteiger partial charge in [-0.05, 0) is 42.4 Å². The van der Waals surface area contributed by atoms with Crippen molar-refractivity contribution in [3.05, 3.63) is 48.0 Å². The number of hydrogen-bond acceptors (Lipinski definition) is 2. The van der Waals surface area contributed by atoms with Gasteiger partial charge in [0, 0.05) is 12.8 Å². The molecule has 0 saturated carbocycles. The SMILES string of the molecule is CCN(CC)CCCC(=O)Cc1ccc2ccccc2c1. The van der Waals surface area contributed by atoms with Crippen molar-refractivity contribution in [1.82, 2.24) is 4.90 Å². The van der Waals surface area contributed by atoms with Crippen LogP contribution in [0.5, 0.6) is 0 Å². The molecule has 0 bridgehead atoms. The largest absolute Gasteiger partial charge is 0.304 e. The van der Waals surface area contributed by atoms with Crippen molar-refractivity contribution < 1.29 is 4.79 Å². The van der Waals surface area contributed by atoms with Gasteiger partial charge in [0.15, 0.2) is 0 Å². The average Bonchev–Trinajstić information content (AvgIpc) is 2.51. The Kier molecular flexibility index (Phi) is 5.94. The molecule has 0 saturated heterocycles. The van der Waals surface area contributed by atoms with E-state index in [0.29, 0.717) is 18.6 Å². The minimum absolute atomic E-state index is 0.345. The van der Waals surface area contributed by atoms with Crippen LogP contribution in [0.3, 0.4) is 0 Å². The van der Waals surface area contributed by atoms with Gasteiger partial charge in [0.25, 0.3) is 0 Å². The highest BCUT2D eigenvalue weighted by atomic mass is 16.1. The molecule has 0 N–H and O–H groups in total. The zero-order chi connectivity index (χ0) is 15.1. The molecule has 2 aromatic carbocycles. The minimum Gasteiger partial charge on any atom is -0.304 e. The number of fused-ring (bicyclic) bond motifs is 1. The second-order valence-electron chi connectivity index (χ2n) is 5.53. The third-order valence-corrected chi connectivity index (χ3v) is 4.04. The molecule has 2 nitrogen and oxygen atoms in total. The summed E-state index contributed by atoms with van der Waals surface area (Å²) in [7, 11) is 0. The molecule has 0 aliphatic heterocycles. The molecule has 2 rings (SSSR count). The summed E-state index contributed by atoms with van der Waals surface area (Å²) in [5, 5.41) is 2.45. The molecular formula is C19H25NO. The lowest BCUT2D eigenvalue weighted by atomic mass is 10.0. The number of rotatable bonds is 8. The lowest BCUT2D eigenvalue weighted by Gasteiger charge is -2.17. The second-order valence-corrected chi connectivity index (χ2v) is 5.53. The van der Waals surface area contributed by atoms with Crippen LogP contribution in [0.25, 0.3) is 10.8 Å². The maximum atomic E-state index is 12.1. The molecule has 0 unspecified atom stereocenters. The van der Waals surface area contributed by atoms with E-state index in [0.717, 1.165) is 31.6 Å². The van der Waals surface area contributed by atoms with Gasteiger partial charge in [-0.1, -0.05) is 56.3 Å². The van der Waals surface area contributed by atoms with Crippen molar-refractivity contribution in [3.8, 4) is 0 Å². The van der Waals surface area contributed by atoms with Crippen molar-refractivity contribution >= 4 is 16.6 Å². The first-order valence-corrected chi connectivity index (χ1v) is 7.94. The fourth-order valence-corrected chi connectivity index (χ4v) is 2.70. The minimum atomic E-state index is 0.345. The smallest absolute Gasteiger partial charge is 0.137 e. The highest BCUT2D eigenvalue weighted by Crippen LogP contribution is 2.16. The van der Waals surface area contributed by atoms with E-state index in [9.17, 15) is 4.79 Å². The monoisotopic (exact) mass is 283 g/mol. The molecule has 0 amide bonds. The number of Topliss-reactive ketones (excluding diaryl/α,β-unsaturated/α-hetero) is 1. The Morgan fingerprint density at radius 2 is 1.71 bits per heavy atom. The standard InChI is InChI=1S/C19H25NO/c1-3-20(4-2)13-7-10-19(21)15-16-11-12-17-8-5-6-9-18(17)14-16/h5-6,8-9,11-12,14H,3-4,7,10,13,15H2,1-2H3. The Morgan fingerprint density at radius 3 is 2.43 bits per heavy atom. The summed E-state index contributed by atoms with van der Waals surface area (Å²) in [5.41, 5.74) is 1.13. The Bertz CT molecular complexity index is 587. The van der Waals surface area contributed by atoms with E-state index < -0.39 is 0 Å². The topological polar surface area (TPSA) is 20.3 Å². The first-order chi connectivity index (χ1) is 10.2. The molecule has 0 aromatic heterocycles. The molecule has 0 aliphatic carbocycles. The predicted octanol–water partition coefficient (Wildman–Crippen LogP) is 4.07. The Morgan fingerprint density at radius 1 is 1.00 bits per heavy atom. The number of benzene rings is 2. The van der Waals surface area contributed by atoms with Crippen molar-refractivity contribution in [1.29, 1.82) is 0 Å². The highest BCUT2D eigenvalue weighted by Gasteiger charge is 2.06. The van der Waals surface area contributed by atoms with Gasteiger partial charge in [0.1, 0.15) is 5.78 Å². The van der Waals surface area contributed by atoms with Crippen LogP contribution in [-0.2, 0) is 11.2 Å². The zero-order valence-corrected chi connectivity index (χ0v) is 13.1. The summed E-state index contributed by atoms with van der Waals surface area (Å²) in [6.07, 6.45) is 2.21. The van der Waals surface area contributed by atoms with E-state index in [4.69, 9.17) is 0 Å². The third-order valence-electron chi connectivity index (χ3n) is 4.04. The van der Waals surface area contributed by atoms with Crippen LogP contribution in [0.1, 0.15) is 32.3 Å².